The topological polar surface area (TPSA) is 55.1 Å². The zero-order chi connectivity index (χ0) is 23.6. The molecule has 0 aromatic heterocycles. The number of amides is 1. The van der Waals surface area contributed by atoms with Gasteiger partial charge >= 0.3 is 0 Å². The molecule has 0 saturated carbocycles. The summed E-state index contributed by atoms with van der Waals surface area (Å²) >= 11 is 0. The second kappa shape index (κ2) is 17.0. The van der Waals surface area contributed by atoms with Gasteiger partial charge in [-0.2, -0.15) is 0 Å². The number of anilines is 1. The molecule has 0 aliphatic heterocycles. The predicted octanol–water partition coefficient (Wildman–Crippen LogP) is 8.02. The van der Waals surface area contributed by atoms with E-state index in [9.17, 15) is 4.79 Å². The first-order chi connectivity index (χ1) is 16.2. The maximum Gasteiger partial charge on any atom is 0.251 e. The third-order valence-corrected chi connectivity index (χ3v) is 6.12. The van der Waals surface area contributed by atoms with Crippen molar-refractivity contribution in [3.8, 4) is 0 Å². The van der Waals surface area contributed by atoms with E-state index in [-0.39, 0.29) is 5.91 Å². The van der Waals surface area contributed by atoms with E-state index >= 15 is 0 Å². The van der Waals surface area contributed by atoms with Crippen LogP contribution in [0.2, 0.25) is 0 Å². The molecule has 0 aliphatic carbocycles. The molecule has 3 nitrogen and oxygen atoms in total. The van der Waals surface area contributed by atoms with Crippen LogP contribution in [0.25, 0.3) is 11.6 Å². The molecule has 0 fully saturated rings. The van der Waals surface area contributed by atoms with Crippen LogP contribution in [0.4, 0.5) is 5.69 Å². The van der Waals surface area contributed by atoms with E-state index in [2.05, 4.69) is 12.2 Å². The molecule has 0 heterocycles. The van der Waals surface area contributed by atoms with Crippen LogP contribution < -0.4 is 11.1 Å². The highest BCUT2D eigenvalue weighted by Gasteiger charge is 2.11. The molecule has 2 aromatic carbocycles. The van der Waals surface area contributed by atoms with Gasteiger partial charge in [0.15, 0.2) is 0 Å². The first kappa shape index (κ1) is 26.7. The van der Waals surface area contributed by atoms with Crippen LogP contribution in [0.3, 0.4) is 0 Å². The summed E-state index contributed by atoms with van der Waals surface area (Å²) in [6.07, 6.45) is 19.2. The normalized spacial score (nSPS) is 11.5. The number of nitrogen functional groups attached to an aromatic ring is 1. The smallest absolute Gasteiger partial charge is 0.251 e. The Morgan fingerprint density at radius 2 is 1.33 bits per heavy atom. The molecule has 0 bridgehead atoms. The minimum atomic E-state index is -0.0254. The lowest BCUT2D eigenvalue weighted by atomic mass is 10.0. The van der Waals surface area contributed by atoms with Gasteiger partial charge in [0.1, 0.15) is 0 Å². The van der Waals surface area contributed by atoms with E-state index in [4.69, 9.17) is 5.73 Å². The molecule has 2 aromatic rings. The van der Waals surface area contributed by atoms with Gasteiger partial charge in [0.05, 0.1) is 0 Å². The van der Waals surface area contributed by atoms with Crippen LogP contribution in [0, 0.1) is 0 Å². The molecule has 2 rings (SSSR count). The number of rotatable bonds is 17. The van der Waals surface area contributed by atoms with Crippen molar-refractivity contribution >= 4 is 23.2 Å². The molecule has 3 heteroatoms. The molecule has 1 amide bonds. The van der Waals surface area contributed by atoms with E-state index in [0.29, 0.717) is 11.3 Å². The lowest BCUT2D eigenvalue weighted by Gasteiger charge is -2.10. The van der Waals surface area contributed by atoms with Gasteiger partial charge in [-0.15, -0.1) is 0 Å². The highest BCUT2D eigenvalue weighted by molar-refractivity contribution is 6.24. The van der Waals surface area contributed by atoms with E-state index in [1.807, 2.05) is 60.7 Å². The third kappa shape index (κ3) is 11.8. The van der Waals surface area contributed by atoms with Crippen molar-refractivity contribution in [1.82, 2.24) is 5.32 Å². The Kier molecular flexibility index (Phi) is 13.8. The Labute approximate surface area is 201 Å². The number of nitrogens with two attached hydrogens (primary N) is 1. The summed E-state index contributed by atoms with van der Waals surface area (Å²) in [5, 5.41) is 3.12. The Bertz CT molecular complexity index is 813. The number of unbranched alkanes of at least 4 members (excludes halogenated alkanes) is 12. The summed E-state index contributed by atoms with van der Waals surface area (Å²) in [6, 6.07) is 17.5. The summed E-state index contributed by atoms with van der Waals surface area (Å²) in [5.41, 5.74) is 9.14. The molecule has 0 unspecified atom stereocenters. The van der Waals surface area contributed by atoms with Crippen LogP contribution in [0.15, 0.2) is 54.6 Å². The van der Waals surface area contributed by atoms with Gasteiger partial charge in [0, 0.05) is 17.8 Å². The zero-order valence-corrected chi connectivity index (χ0v) is 20.7. The summed E-state index contributed by atoms with van der Waals surface area (Å²) in [4.78, 5) is 12.9. The Morgan fingerprint density at radius 1 is 0.758 bits per heavy atom. The van der Waals surface area contributed by atoms with Gasteiger partial charge in [0.25, 0.3) is 5.91 Å². The summed E-state index contributed by atoms with van der Waals surface area (Å²) < 4.78 is 0. The van der Waals surface area contributed by atoms with Crippen LogP contribution in [0.1, 0.15) is 102 Å². The highest BCUT2D eigenvalue weighted by atomic mass is 16.1. The van der Waals surface area contributed by atoms with Gasteiger partial charge in [-0.25, -0.2) is 0 Å². The molecule has 0 spiro atoms. The number of carbonyl (C=O) groups is 1. The number of benzene rings is 2. The van der Waals surface area contributed by atoms with Crippen molar-refractivity contribution < 1.29 is 4.79 Å². The predicted molar refractivity (Wildman–Crippen MR) is 144 cm³/mol. The largest absolute Gasteiger partial charge is 0.399 e. The molecule has 3 N–H and O–H groups in total. The van der Waals surface area contributed by atoms with Gasteiger partial charge in [-0.3, -0.25) is 4.79 Å². The summed E-state index contributed by atoms with van der Waals surface area (Å²) in [7, 11) is 0. The summed E-state index contributed by atoms with van der Waals surface area (Å²) in [5.74, 6) is -0.0254. The number of carbonyl (C=O) groups excluding carboxylic acids is 1. The molecule has 0 saturated heterocycles. The average molecular weight is 449 g/mol. The van der Waals surface area contributed by atoms with Crippen LogP contribution in [0.5, 0.6) is 0 Å². The SMILES string of the molecule is CCCCCCCCCCCCCCCNC(=O)/C(=C/c1cccc(N)c1)c1ccccc1. The lowest BCUT2D eigenvalue weighted by Crippen LogP contribution is -2.25. The fourth-order valence-electron chi connectivity index (χ4n) is 4.15. The molecule has 0 radical (unpaired) electrons. The first-order valence-corrected chi connectivity index (χ1v) is 13.1. The van der Waals surface area contributed by atoms with E-state index in [0.717, 1.165) is 24.1 Å². The minimum absolute atomic E-state index is 0.0254. The van der Waals surface area contributed by atoms with Crippen molar-refractivity contribution in [2.45, 2.75) is 90.4 Å². The number of nitrogens with one attached hydrogen (secondary N) is 1. The molecular formula is C30H44N2O. The second-order valence-corrected chi connectivity index (χ2v) is 9.09. The molecular weight excluding hydrogens is 404 g/mol. The number of hydrogen-bond donors (Lipinski definition) is 2. The van der Waals surface area contributed by atoms with Gasteiger partial charge in [-0.05, 0) is 35.8 Å². The fraction of sp³-hybridized carbons (Fsp3) is 0.500. The van der Waals surface area contributed by atoms with Crippen molar-refractivity contribution in [2.24, 2.45) is 0 Å². The van der Waals surface area contributed by atoms with Gasteiger partial charge in [0.2, 0.25) is 0 Å². The van der Waals surface area contributed by atoms with Crippen molar-refractivity contribution in [3.63, 3.8) is 0 Å². The van der Waals surface area contributed by atoms with E-state index in [1.165, 1.54) is 77.0 Å². The Balaban J connectivity index is 1.64. The fourth-order valence-corrected chi connectivity index (χ4v) is 4.15. The van der Waals surface area contributed by atoms with Crippen molar-refractivity contribution in [1.29, 1.82) is 0 Å². The van der Waals surface area contributed by atoms with Gasteiger partial charge < -0.3 is 11.1 Å². The van der Waals surface area contributed by atoms with Crippen LogP contribution in [-0.4, -0.2) is 12.5 Å². The summed E-state index contributed by atoms with van der Waals surface area (Å²) in [6.45, 7) is 2.99. The van der Waals surface area contributed by atoms with Crippen molar-refractivity contribution in [3.05, 3.63) is 65.7 Å². The van der Waals surface area contributed by atoms with Crippen molar-refractivity contribution in [2.75, 3.05) is 12.3 Å². The van der Waals surface area contributed by atoms with Crippen LogP contribution in [-0.2, 0) is 4.79 Å². The molecule has 33 heavy (non-hydrogen) atoms. The Hall–Kier alpha value is -2.55. The maximum absolute atomic E-state index is 12.9. The Morgan fingerprint density at radius 3 is 1.91 bits per heavy atom. The zero-order valence-electron chi connectivity index (χ0n) is 20.7. The molecule has 180 valence electrons. The standard InChI is InChI=1S/C30H44N2O/c1-2-3-4-5-6-7-8-9-10-11-12-13-17-23-32-30(33)29(27-20-15-14-16-21-27)25-26-19-18-22-28(31)24-26/h14-16,18-22,24-25H,2-13,17,23,31H2,1H3,(H,32,33)/b29-25+. The monoisotopic (exact) mass is 448 g/mol. The molecule has 0 aliphatic rings. The quantitative estimate of drug-likeness (QED) is 0.111. The minimum Gasteiger partial charge on any atom is -0.399 e. The third-order valence-electron chi connectivity index (χ3n) is 6.12. The number of hydrogen-bond acceptors (Lipinski definition) is 2. The second-order valence-electron chi connectivity index (χ2n) is 9.09. The maximum atomic E-state index is 12.9. The average Bonchev–Trinajstić information content (AvgIpc) is 2.83. The highest BCUT2D eigenvalue weighted by Crippen LogP contribution is 2.20. The first-order valence-electron chi connectivity index (χ1n) is 13.1. The van der Waals surface area contributed by atoms with E-state index < -0.39 is 0 Å². The van der Waals surface area contributed by atoms with E-state index in [1.54, 1.807) is 0 Å². The van der Waals surface area contributed by atoms with Gasteiger partial charge in [-0.1, -0.05) is 126 Å². The lowest BCUT2D eigenvalue weighted by molar-refractivity contribution is -0.115. The molecule has 0 atom stereocenters. The van der Waals surface area contributed by atoms with Crippen LogP contribution >= 0.6 is 0 Å².